The number of thiophene rings is 1. The van der Waals surface area contributed by atoms with Crippen LogP contribution in [-0.4, -0.2) is 63.3 Å². The van der Waals surface area contributed by atoms with E-state index in [0.717, 1.165) is 74.3 Å². The van der Waals surface area contributed by atoms with Crippen LogP contribution in [0.4, 0.5) is 11.6 Å². The minimum atomic E-state index is -0.201. The molecule has 1 aliphatic carbocycles. The highest BCUT2D eigenvalue weighted by Crippen LogP contribution is 2.43. The number of nitrogens with zero attached hydrogens (tertiary/aromatic N) is 4. The van der Waals surface area contributed by atoms with Gasteiger partial charge in [0.05, 0.1) is 42.7 Å². The van der Waals surface area contributed by atoms with Gasteiger partial charge in [-0.2, -0.15) is 9.36 Å². The van der Waals surface area contributed by atoms with E-state index in [1.54, 1.807) is 17.5 Å². The summed E-state index contributed by atoms with van der Waals surface area (Å²) in [7, 11) is 0. The third kappa shape index (κ3) is 4.66. The highest BCUT2D eigenvalue weighted by molar-refractivity contribution is 7.18. The lowest BCUT2D eigenvalue weighted by Crippen LogP contribution is -2.46. The fourth-order valence-corrected chi connectivity index (χ4v) is 6.84. The maximum Gasteiger partial charge on any atom is 0.231 e. The van der Waals surface area contributed by atoms with Crippen LogP contribution in [0.25, 0.3) is 10.2 Å². The van der Waals surface area contributed by atoms with Crippen LogP contribution in [-0.2, 0) is 22.5 Å². The van der Waals surface area contributed by atoms with Crippen molar-refractivity contribution in [2.24, 2.45) is 0 Å². The van der Waals surface area contributed by atoms with E-state index in [2.05, 4.69) is 28.4 Å². The molecule has 10 heteroatoms. The van der Waals surface area contributed by atoms with Crippen molar-refractivity contribution < 1.29 is 14.2 Å². The first kappa shape index (κ1) is 22.6. The molecule has 8 nitrogen and oxygen atoms in total. The minimum Gasteiger partial charge on any atom is -0.474 e. The second kappa shape index (κ2) is 9.31. The highest BCUT2D eigenvalue weighted by atomic mass is 32.1. The molecule has 3 aromatic rings. The molecule has 0 atom stereocenters. The Morgan fingerprint density at radius 1 is 1.15 bits per heavy atom. The number of ether oxygens (including phenoxy) is 3. The van der Waals surface area contributed by atoms with Gasteiger partial charge in [0.25, 0.3) is 0 Å². The SMILES string of the molecule is CC1(C)Cc2c(sc3nc(Nc4cnsc4)nc(O[C@H]4CC[C@H](N5CCOCC5)CC4)c23)CO1. The lowest BCUT2D eigenvalue weighted by Gasteiger charge is -2.38. The minimum absolute atomic E-state index is 0.175. The first-order valence-corrected chi connectivity index (χ1v) is 13.8. The largest absolute Gasteiger partial charge is 0.474 e. The van der Waals surface area contributed by atoms with Crippen LogP contribution in [0, 0.1) is 0 Å². The Balaban J connectivity index is 1.27. The molecule has 6 rings (SSSR count). The molecule has 3 aromatic heterocycles. The topological polar surface area (TPSA) is 81.6 Å². The summed E-state index contributed by atoms with van der Waals surface area (Å²) in [4.78, 5) is 14.5. The molecule has 34 heavy (non-hydrogen) atoms. The number of fused-ring (bicyclic) bond motifs is 3. The van der Waals surface area contributed by atoms with E-state index in [9.17, 15) is 0 Å². The summed E-state index contributed by atoms with van der Waals surface area (Å²) >= 11 is 3.10. The fourth-order valence-electron chi connectivity index (χ4n) is 5.28. The second-order valence-electron chi connectivity index (χ2n) is 10.00. The fraction of sp³-hybridized carbons (Fsp3) is 0.625. The zero-order valence-electron chi connectivity index (χ0n) is 19.7. The van der Waals surface area contributed by atoms with Crippen molar-refractivity contribution in [3.05, 3.63) is 22.0 Å². The van der Waals surface area contributed by atoms with Crippen LogP contribution >= 0.6 is 22.9 Å². The molecule has 5 heterocycles. The number of aromatic nitrogens is 3. The lowest BCUT2D eigenvalue weighted by molar-refractivity contribution is -0.0379. The Kier molecular flexibility index (Phi) is 6.19. The molecule has 0 aromatic carbocycles. The molecule has 0 unspecified atom stereocenters. The average Bonchev–Trinajstić information content (AvgIpc) is 3.47. The van der Waals surface area contributed by atoms with Gasteiger partial charge >= 0.3 is 0 Å². The van der Waals surface area contributed by atoms with Crippen molar-refractivity contribution in [3.8, 4) is 5.88 Å². The molecular weight excluding hydrogens is 470 g/mol. The highest BCUT2D eigenvalue weighted by Gasteiger charge is 2.33. The number of rotatable bonds is 5. The number of nitrogens with one attached hydrogen (secondary N) is 1. The van der Waals surface area contributed by atoms with E-state index in [1.807, 2.05) is 5.38 Å². The second-order valence-corrected chi connectivity index (χ2v) is 11.7. The van der Waals surface area contributed by atoms with Crippen LogP contribution in [0.3, 0.4) is 0 Å². The molecule has 2 aliphatic heterocycles. The Morgan fingerprint density at radius 2 is 1.97 bits per heavy atom. The van der Waals surface area contributed by atoms with Gasteiger partial charge < -0.3 is 19.5 Å². The van der Waals surface area contributed by atoms with E-state index in [1.165, 1.54) is 22.0 Å². The quantitative estimate of drug-likeness (QED) is 0.536. The Hall–Kier alpha value is -1.85. The molecule has 0 bridgehead atoms. The van der Waals surface area contributed by atoms with Crippen molar-refractivity contribution in [1.82, 2.24) is 19.2 Å². The molecule has 182 valence electrons. The molecular formula is C24H31N5O3S2. The Morgan fingerprint density at radius 3 is 2.74 bits per heavy atom. The summed E-state index contributed by atoms with van der Waals surface area (Å²) in [6, 6.07) is 0.643. The van der Waals surface area contributed by atoms with Crippen LogP contribution in [0.5, 0.6) is 5.88 Å². The van der Waals surface area contributed by atoms with E-state index in [0.29, 0.717) is 24.5 Å². The van der Waals surface area contributed by atoms with Crippen molar-refractivity contribution in [2.75, 3.05) is 31.6 Å². The molecule has 1 saturated heterocycles. The summed E-state index contributed by atoms with van der Waals surface area (Å²) in [6.07, 6.45) is 7.22. The number of hydrogen-bond acceptors (Lipinski definition) is 10. The molecule has 0 radical (unpaired) electrons. The predicted octanol–water partition coefficient (Wildman–Crippen LogP) is 4.76. The van der Waals surface area contributed by atoms with Crippen molar-refractivity contribution in [3.63, 3.8) is 0 Å². The van der Waals surface area contributed by atoms with Gasteiger partial charge in [0.2, 0.25) is 11.8 Å². The number of anilines is 2. The van der Waals surface area contributed by atoms with Gasteiger partial charge in [-0.25, -0.2) is 4.98 Å². The molecule has 0 spiro atoms. The molecule has 2 fully saturated rings. The molecule has 0 amide bonds. The Labute approximate surface area is 207 Å². The van der Waals surface area contributed by atoms with Gasteiger partial charge in [0.15, 0.2) is 0 Å². The van der Waals surface area contributed by atoms with E-state index in [-0.39, 0.29) is 11.7 Å². The number of morpholine rings is 1. The van der Waals surface area contributed by atoms with E-state index >= 15 is 0 Å². The third-order valence-corrected chi connectivity index (χ3v) is 8.76. The maximum absolute atomic E-state index is 6.68. The smallest absolute Gasteiger partial charge is 0.231 e. The first-order chi connectivity index (χ1) is 16.5. The van der Waals surface area contributed by atoms with Crippen molar-refractivity contribution in [1.29, 1.82) is 0 Å². The normalized spacial score (nSPS) is 25.2. The molecule has 3 aliphatic rings. The molecule has 1 saturated carbocycles. The van der Waals surface area contributed by atoms with Gasteiger partial charge in [-0.15, -0.1) is 11.3 Å². The van der Waals surface area contributed by atoms with Crippen LogP contribution in [0.2, 0.25) is 0 Å². The van der Waals surface area contributed by atoms with Crippen molar-refractivity contribution in [2.45, 2.75) is 70.3 Å². The molecule has 1 N–H and O–H groups in total. The van der Waals surface area contributed by atoms with Gasteiger partial charge in [0.1, 0.15) is 10.9 Å². The van der Waals surface area contributed by atoms with Gasteiger partial charge in [0, 0.05) is 35.8 Å². The van der Waals surface area contributed by atoms with Crippen LogP contribution in [0.1, 0.15) is 50.0 Å². The summed E-state index contributed by atoms with van der Waals surface area (Å²) in [5.74, 6) is 1.27. The summed E-state index contributed by atoms with van der Waals surface area (Å²) in [5.41, 5.74) is 1.98. The van der Waals surface area contributed by atoms with E-state index < -0.39 is 0 Å². The van der Waals surface area contributed by atoms with Gasteiger partial charge in [-0.05, 0) is 56.6 Å². The summed E-state index contributed by atoms with van der Waals surface area (Å²) < 4.78 is 22.5. The third-order valence-electron chi connectivity index (χ3n) is 7.07. The zero-order valence-corrected chi connectivity index (χ0v) is 21.3. The Bertz CT molecular complexity index is 1140. The van der Waals surface area contributed by atoms with Gasteiger partial charge in [-0.1, -0.05) is 0 Å². The maximum atomic E-state index is 6.68. The van der Waals surface area contributed by atoms with Crippen molar-refractivity contribution >= 4 is 44.7 Å². The zero-order chi connectivity index (χ0) is 23.1. The van der Waals surface area contributed by atoms with Crippen LogP contribution in [0.15, 0.2) is 11.6 Å². The average molecular weight is 502 g/mol. The standard InChI is InChI=1S/C24H31N5O3S2/c1-24(2)11-18-19(13-31-24)34-22-20(18)21(27-23(28-22)26-15-12-25-33-14-15)32-17-5-3-16(4-6-17)29-7-9-30-10-8-29/h12,14,16-17H,3-11,13H2,1-2H3,(H,26,27,28)/t16-,17-. The van der Waals surface area contributed by atoms with Crippen LogP contribution < -0.4 is 10.1 Å². The summed E-state index contributed by atoms with van der Waals surface area (Å²) in [5, 5.41) is 6.33. The predicted molar refractivity (Wildman–Crippen MR) is 134 cm³/mol. The van der Waals surface area contributed by atoms with Gasteiger partial charge in [-0.3, -0.25) is 4.90 Å². The monoisotopic (exact) mass is 501 g/mol. The summed E-state index contributed by atoms with van der Waals surface area (Å²) in [6.45, 7) is 8.72. The number of hydrogen-bond donors (Lipinski definition) is 1. The lowest BCUT2D eigenvalue weighted by atomic mass is 9.91. The first-order valence-electron chi connectivity index (χ1n) is 12.2. The van der Waals surface area contributed by atoms with E-state index in [4.69, 9.17) is 24.2 Å².